The zero-order valence-corrected chi connectivity index (χ0v) is 13.8. The van der Waals surface area contributed by atoms with E-state index in [0.717, 1.165) is 10.9 Å². The lowest BCUT2D eigenvalue weighted by molar-refractivity contribution is 0.0494. The molecule has 1 aromatic rings. The van der Waals surface area contributed by atoms with Crippen LogP contribution in [0, 0.1) is 0 Å². The Morgan fingerprint density at radius 3 is 2.65 bits per heavy atom. The summed E-state index contributed by atoms with van der Waals surface area (Å²) < 4.78 is 10.6. The van der Waals surface area contributed by atoms with Gasteiger partial charge in [-0.2, -0.15) is 0 Å². The summed E-state index contributed by atoms with van der Waals surface area (Å²) in [5.74, 6) is 0. The Morgan fingerprint density at radius 1 is 1.30 bits per heavy atom. The lowest BCUT2D eigenvalue weighted by Gasteiger charge is -2.19. The molecule has 0 fully saturated rings. The summed E-state index contributed by atoms with van der Waals surface area (Å²) in [4.78, 5) is 11.4. The van der Waals surface area contributed by atoms with E-state index in [-0.39, 0.29) is 0 Å². The van der Waals surface area contributed by atoms with Gasteiger partial charge in [0.15, 0.2) is 0 Å². The summed E-state index contributed by atoms with van der Waals surface area (Å²) in [7, 11) is 0. The molecule has 0 aliphatic heterocycles. The van der Waals surface area contributed by atoms with Crippen LogP contribution in [0.15, 0.2) is 24.3 Å². The second-order valence-electron chi connectivity index (χ2n) is 5.43. The molecule has 0 unspecified atom stereocenters. The van der Waals surface area contributed by atoms with Gasteiger partial charge in [0.1, 0.15) is 5.60 Å². The highest BCUT2D eigenvalue weighted by Crippen LogP contribution is 2.09. The summed E-state index contributed by atoms with van der Waals surface area (Å²) in [5.41, 5.74) is 1.87. The van der Waals surface area contributed by atoms with E-state index in [0.29, 0.717) is 19.8 Å². The number of carbonyl (C=O) groups is 1. The molecule has 0 heterocycles. The maximum atomic E-state index is 11.4. The van der Waals surface area contributed by atoms with E-state index in [1.807, 2.05) is 32.9 Å². The van der Waals surface area contributed by atoms with Crippen molar-refractivity contribution in [1.82, 2.24) is 5.32 Å². The van der Waals surface area contributed by atoms with Crippen LogP contribution in [0.4, 0.5) is 4.79 Å². The molecule has 112 valence electrons. The number of nitrogens with one attached hydrogen (secondary N) is 1. The first-order valence-electron chi connectivity index (χ1n) is 6.59. The molecule has 0 aliphatic carbocycles. The molecule has 0 aromatic heterocycles. The molecule has 0 bridgehead atoms. The van der Waals surface area contributed by atoms with Crippen LogP contribution in [0.5, 0.6) is 0 Å². The first-order valence-corrected chi connectivity index (χ1v) is 7.71. The van der Waals surface area contributed by atoms with Crippen molar-refractivity contribution in [3.63, 3.8) is 0 Å². The van der Waals surface area contributed by atoms with Gasteiger partial charge in [-0.15, -0.1) is 0 Å². The van der Waals surface area contributed by atoms with Crippen LogP contribution in [0.2, 0.25) is 0 Å². The van der Waals surface area contributed by atoms with Crippen LogP contribution in [0.25, 0.3) is 0 Å². The second-order valence-corrected chi connectivity index (χ2v) is 6.00. The molecule has 0 radical (unpaired) electrons. The van der Waals surface area contributed by atoms with Gasteiger partial charge >= 0.3 is 6.09 Å². The highest BCUT2D eigenvalue weighted by molar-refractivity contribution is 9.08. The van der Waals surface area contributed by atoms with E-state index >= 15 is 0 Å². The Hall–Kier alpha value is -1.07. The highest BCUT2D eigenvalue weighted by atomic mass is 79.9. The largest absolute Gasteiger partial charge is 0.444 e. The van der Waals surface area contributed by atoms with Gasteiger partial charge in [0.2, 0.25) is 0 Å². The van der Waals surface area contributed by atoms with Crippen LogP contribution in [0.1, 0.15) is 31.9 Å². The fraction of sp³-hybridized carbons (Fsp3) is 0.533. The molecule has 0 atom stereocenters. The van der Waals surface area contributed by atoms with Crippen LogP contribution in [-0.2, 0) is 21.4 Å². The first kappa shape index (κ1) is 17.0. The molecule has 20 heavy (non-hydrogen) atoms. The number of alkyl halides is 1. The first-order chi connectivity index (χ1) is 9.40. The van der Waals surface area contributed by atoms with Crippen molar-refractivity contribution in [3.8, 4) is 0 Å². The van der Waals surface area contributed by atoms with E-state index in [1.165, 1.54) is 5.56 Å². The number of carbonyl (C=O) groups excluding carboxylic acids is 1. The molecular weight excluding hydrogens is 322 g/mol. The van der Waals surface area contributed by atoms with Gasteiger partial charge < -0.3 is 14.8 Å². The van der Waals surface area contributed by atoms with Gasteiger partial charge in [-0.3, -0.25) is 0 Å². The zero-order chi connectivity index (χ0) is 15.0. The van der Waals surface area contributed by atoms with Crippen molar-refractivity contribution in [3.05, 3.63) is 35.4 Å². The number of hydrogen-bond acceptors (Lipinski definition) is 3. The van der Waals surface area contributed by atoms with Crippen molar-refractivity contribution in [1.29, 1.82) is 0 Å². The van der Waals surface area contributed by atoms with Crippen molar-refractivity contribution in [2.75, 3.05) is 13.2 Å². The van der Waals surface area contributed by atoms with E-state index in [9.17, 15) is 4.79 Å². The van der Waals surface area contributed by atoms with Crippen LogP contribution in [-0.4, -0.2) is 24.8 Å². The van der Waals surface area contributed by atoms with Gasteiger partial charge in [0, 0.05) is 11.9 Å². The number of hydrogen-bond donors (Lipinski definition) is 1. The topological polar surface area (TPSA) is 47.6 Å². The van der Waals surface area contributed by atoms with E-state index in [2.05, 4.69) is 33.4 Å². The number of amides is 1. The SMILES string of the molecule is CC(C)(C)OC(=O)NCCOCc1cccc(CBr)c1. The molecular formula is C15H22BrNO3. The fourth-order valence-electron chi connectivity index (χ4n) is 1.53. The Bertz CT molecular complexity index is 429. The summed E-state index contributed by atoms with van der Waals surface area (Å²) in [6.45, 7) is 6.93. The van der Waals surface area contributed by atoms with Crippen molar-refractivity contribution in [2.24, 2.45) is 0 Å². The minimum atomic E-state index is -0.471. The second kappa shape index (κ2) is 8.27. The van der Waals surface area contributed by atoms with Crippen LogP contribution < -0.4 is 5.32 Å². The Morgan fingerprint density at radius 2 is 2.00 bits per heavy atom. The quantitative estimate of drug-likeness (QED) is 0.633. The molecule has 0 spiro atoms. The van der Waals surface area contributed by atoms with Gasteiger partial charge in [-0.25, -0.2) is 4.79 Å². The van der Waals surface area contributed by atoms with Gasteiger partial charge in [0.05, 0.1) is 13.2 Å². The summed E-state index contributed by atoms with van der Waals surface area (Å²) in [6, 6.07) is 8.18. The third-order valence-corrected chi connectivity index (χ3v) is 2.98. The highest BCUT2D eigenvalue weighted by Gasteiger charge is 2.15. The summed E-state index contributed by atoms with van der Waals surface area (Å²) >= 11 is 3.42. The van der Waals surface area contributed by atoms with Gasteiger partial charge in [-0.05, 0) is 31.9 Å². The van der Waals surface area contributed by atoms with Gasteiger partial charge in [0.25, 0.3) is 0 Å². The fourth-order valence-corrected chi connectivity index (χ4v) is 1.88. The normalized spacial score (nSPS) is 11.2. The van der Waals surface area contributed by atoms with Crippen molar-refractivity contribution >= 4 is 22.0 Å². The third kappa shape index (κ3) is 7.50. The third-order valence-electron chi connectivity index (χ3n) is 2.33. The molecule has 1 amide bonds. The van der Waals surface area contributed by atoms with E-state index in [4.69, 9.17) is 9.47 Å². The lowest BCUT2D eigenvalue weighted by atomic mass is 10.1. The van der Waals surface area contributed by atoms with Crippen molar-refractivity contribution in [2.45, 2.75) is 38.3 Å². The molecule has 5 heteroatoms. The standard InChI is InChI=1S/C15H22BrNO3/c1-15(2,3)20-14(18)17-7-8-19-11-13-6-4-5-12(9-13)10-16/h4-6,9H,7-8,10-11H2,1-3H3,(H,17,18). The molecule has 1 N–H and O–H groups in total. The molecule has 0 saturated carbocycles. The zero-order valence-electron chi connectivity index (χ0n) is 12.2. The minimum absolute atomic E-state index is 0.414. The molecule has 0 aliphatic rings. The maximum absolute atomic E-state index is 11.4. The summed E-state index contributed by atoms with van der Waals surface area (Å²) in [5, 5.41) is 3.49. The van der Waals surface area contributed by atoms with Gasteiger partial charge in [-0.1, -0.05) is 40.2 Å². The lowest BCUT2D eigenvalue weighted by Crippen LogP contribution is -2.34. The minimum Gasteiger partial charge on any atom is -0.444 e. The molecule has 4 nitrogen and oxygen atoms in total. The number of ether oxygens (including phenoxy) is 2. The predicted molar refractivity (Wildman–Crippen MR) is 83.0 cm³/mol. The number of alkyl carbamates (subject to hydrolysis) is 1. The van der Waals surface area contributed by atoms with E-state index in [1.54, 1.807) is 0 Å². The number of benzene rings is 1. The monoisotopic (exact) mass is 343 g/mol. The predicted octanol–water partition coefficient (Wildman–Crippen LogP) is 3.62. The Labute approximate surface area is 129 Å². The van der Waals surface area contributed by atoms with Crippen LogP contribution in [0.3, 0.4) is 0 Å². The number of halogens is 1. The molecule has 1 aromatic carbocycles. The van der Waals surface area contributed by atoms with E-state index < -0.39 is 11.7 Å². The Kier molecular flexibility index (Phi) is 7.02. The maximum Gasteiger partial charge on any atom is 0.407 e. The molecule has 0 saturated heterocycles. The Balaban J connectivity index is 2.17. The summed E-state index contributed by atoms with van der Waals surface area (Å²) in [6.07, 6.45) is -0.414. The van der Waals surface area contributed by atoms with Crippen molar-refractivity contribution < 1.29 is 14.3 Å². The molecule has 1 rings (SSSR count). The van der Waals surface area contributed by atoms with Crippen LogP contribution >= 0.6 is 15.9 Å². The smallest absolute Gasteiger partial charge is 0.407 e. The average molecular weight is 344 g/mol. The number of rotatable bonds is 6. The average Bonchev–Trinajstić information content (AvgIpc) is 2.36.